The maximum absolute atomic E-state index is 3.65. The first-order chi connectivity index (χ1) is 12.6. The molecule has 140 valence electrons. The maximum Gasteiger partial charge on any atom is 0.0400 e. The number of anilines is 1. The minimum Gasteiger partial charge on any atom is -0.369 e. The van der Waals surface area contributed by atoms with E-state index in [1.807, 2.05) is 0 Å². The molecule has 3 rings (SSSR count). The highest BCUT2D eigenvalue weighted by Crippen LogP contribution is 2.27. The van der Waals surface area contributed by atoms with E-state index in [0.717, 1.165) is 45.7 Å². The highest BCUT2D eigenvalue weighted by atomic mass is 79.9. The molecule has 2 aromatic rings. The van der Waals surface area contributed by atoms with Crippen LogP contribution in [0.2, 0.25) is 0 Å². The Bertz CT molecular complexity index is 679. The molecule has 0 unspecified atom stereocenters. The second-order valence-electron chi connectivity index (χ2n) is 7.43. The molecular formula is C22H30BrN3. The van der Waals surface area contributed by atoms with Crippen LogP contribution in [0.25, 0.3) is 0 Å². The molecule has 0 spiro atoms. The fourth-order valence-electron chi connectivity index (χ4n) is 3.64. The Balaban J connectivity index is 1.59. The lowest BCUT2D eigenvalue weighted by Gasteiger charge is -2.37. The van der Waals surface area contributed by atoms with Crippen LogP contribution in [-0.2, 0) is 13.0 Å². The molecule has 0 amide bonds. The number of hydrogen-bond donors (Lipinski definition) is 0. The van der Waals surface area contributed by atoms with Crippen molar-refractivity contribution < 1.29 is 0 Å². The van der Waals surface area contributed by atoms with E-state index in [0.29, 0.717) is 0 Å². The second kappa shape index (κ2) is 9.54. The second-order valence-corrected chi connectivity index (χ2v) is 8.34. The van der Waals surface area contributed by atoms with E-state index < -0.39 is 0 Å². The molecule has 0 N–H and O–H groups in total. The molecule has 4 heteroatoms. The van der Waals surface area contributed by atoms with Gasteiger partial charge in [0.2, 0.25) is 0 Å². The molecule has 1 aliphatic rings. The molecule has 26 heavy (non-hydrogen) atoms. The normalized spacial score (nSPS) is 15.6. The fraction of sp³-hybridized carbons (Fsp3) is 0.455. The predicted octanol–water partition coefficient (Wildman–Crippen LogP) is 4.27. The standard InChI is InChI=1S/C22H30BrN3/c1-24(2)12-6-9-20-17-21(23)10-11-22(20)26-15-13-25(14-16-26)18-19-7-4-3-5-8-19/h3-5,7-8,10-11,17H,6,9,12-16,18H2,1-2H3. The van der Waals surface area contributed by atoms with Gasteiger partial charge in [-0.05, 0) is 62.8 Å². The Morgan fingerprint density at radius 1 is 0.962 bits per heavy atom. The molecule has 0 aliphatic carbocycles. The van der Waals surface area contributed by atoms with Gasteiger partial charge in [-0.1, -0.05) is 46.3 Å². The first-order valence-corrected chi connectivity index (χ1v) is 10.4. The van der Waals surface area contributed by atoms with Crippen LogP contribution in [0.15, 0.2) is 53.0 Å². The van der Waals surface area contributed by atoms with Crippen LogP contribution in [0.1, 0.15) is 17.5 Å². The molecule has 0 radical (unpaired) electrons. The number of halogens is 1. The smallest absolute Gasteiger partial charge is 0.0400 e. The number of hydrogen-bond acceptors (Lipinski definition) is 3. The van der Waals surface area contributed by atoms with E-state index in [-0.39, 0.29) is 0 Å². The summed E-state index contributed by atoms with van der Waals surface area (Å²) in [5, 5.41) is 0. The number of aryl methyl sites for hydroxylation is 1. The van der Waals surface area contributed by atoms with Crippen LogP contribution >= 0.6 is 15.9 Å². The van der Waals surface area contributed by atoms with Gasteiger partial charge in [-0.3, -0.25) is 4.90 Å². The van der Waals surface area contributed by atoms with Gasteiger partial charge in [0.05, 0.1) is 0 Å². The molecule has 0 atom stereocenters. The largest absolute Gasteiger partial charge is 0.369 e. The Morgan fingerprint density at radius 2 is 1.69 bits per heavy atom. The average molecular weight is 416 g/mol. The van der Waals surface area contributed by atoms with Gasteiger partial charge < -0.3 is 9.80 Å². The lowest BCUT2D eigenvalue weighted by atomic mass is 10.1. The van der Waals surface area contributed by atoms with E-state index in [1.54, 1.807) is 0 Å². The summed E-state index contributed by atoms with van der Waals surface area (Å²) in [6.07, 6.45) is 2.33. The van der Waals surface area contributed by atoms with Crippen LogP contribution in [0.5, 0.6) is 0 Å². The topological polar surface area (TPSA) is 9.72 Å². The van der Waals surface area contributed by atoms with Gasteiger partial charge >= 0.3 is 0 Å². The van der Waals surface area contributed by atoms with Crippen molar-refractivity contribution in [3.05, 3.63) is 64.1 Å². The van der Waals surface area contributed by atoms with Crippen molar-refractivity contribution in [3.8, 4) is 0 Å². The summed E-state index contributed by atoms with van der Waals surface area (Å²) in [6, 6.07) is 17.6. The third-order valence-corrected chi connectivity index (χ3v) is 5.55. The first kappa shape index (κ1) is 19.4. The van der Waals surface area contributed by atoms with E-state index in [9.17, 15) is 0 Å². The zero-order valence-corrected chi connectivity index (χ0v) is 17.6. The average Bonchev–Trinajstić information content (AvgIpc) is 2.63. The Labute approximate surface area is 166 Å². The Kier molecular flexibility index (Phi) is 7.12. The fourth-order valence-corrected chi connectivity index (χ4v) is 4.05. The van der Waals surface area contributed by atoms with Crippen LogP contribution in [0.3, 0.4) is 0 Å². The summed E-state index contributed by atoms with van der Waals surface area (Å²) in [5.74, 6) is 0. The lowest BCUT2D eigenvalue weighted by Crippen LogP contribution is -2.46. The molecule has 1 aliphatic heterocycles. The summed E-state index contributed by atoms with van der Waals surface area (Å²) < 4.78 is 1.18. The molecule has 0 aromatic heterocycles. The molecule has 1 heterocycles. The number of rotatable bonds is 7. The molecule has 2 aromatic carbocycles. The van der Waals surface area contributed by atoms with Crippen molar-refractivity contribution in [3.63, 3.8) is 0 Å². The molecule has 1 fully saturated rings. The predicted molar refractivity (Wildman–Crippen MR) is 115 cm³/mol. The van der Waals surface area contributed by atoms with Crippen LogP contribution < -0.4 is 4.90 Å². The Hall–Kier alpha value is -1.36. The minimum atomic E-state index is 1.06. The van der Waals surface area contributed by atoms with Crippen molar-refractivity contribution in [2.75, 3.05) is 51.7 Å². The number of piperazine rings is 1. The zero-order valence-electron chi connectivity index (χ0n) is 16.0. The first-order valence-electron chi connectivity index (χ1n) is 9.56. The van der Waals surface area contributed by atoms with Gasteiger partial charge in [-0.25, -0.2) is 0 Å². The third-order valence-electron chi connectivity index (χ3n) is 5.05. The van der Waals surface area contributed by atoms with E-state index >= 15 is 0 Å². The van der Waals surface area contributed by atoms with Gasteiger partial charge in [-0.15, -0.1) is 0 Å². The summed E-state index contributed by atoms with van der Waals surface area (Å²) in [4.78, 5) is 7.40. The van der Waals surface area contributed by atoms with Gasteiger partial charge in [0, 0.05) is 42.9 Å². The van der Waals surface area contributed by atoms with Crippen LogP contribution in [-0.4, -0.2) is 56.6 Å². The van der Waals surface area contributed by atoms with Gasteiger partial charge in [0.15, 0.2) is 0 Å². The van der Waals surface area contributed by atoms with Gasteiger partial charge in [0.1, 0.15) is 0 Å². The van der Waals surface area contributed by atoms with Crippen molar-refractivity contribution in [2.45, 2.75) is 19.4 Å². The van der Waals surface area contributed by atoms with Crippen molar-refractivity contribution in [1.82, 2.24) is 9.80 Å². The number of nitrogens with zero attached hydrogens (tertiary/aromatic N) is 3. The van der Waals surface area contributed by atoms with Crippen LogP contribution in [0, 0.1) is 0 Å². The number of benzene rings is 2. The van der Waals surface area contributed by atoms with Crippen molar-refractivity contribution in [2.24, 2.45) is 0 Å². The molecule has 3 nitrogen and oxygen atoms in total. The van der Waals surface area contributed by atoms with Gasteiger partial charge in [-0.2, -0.15) is 0 Å². The summed E-state index contributed by atoms with van der Waals surface area (Å²) in [5.41, 5.74) is 4.30. The van der Waals surface area contributed by atoms with E-state index in [2.05, 4.69) is 93.3 Å². The molecule has 0 saturated carbocycles. The zero-order chi connectivity index (χ0) is 18.4. The van der Waals surface area contributed by atoms with Crippen LogP contribution in [0.4, 0.5) is 5.69 Å². The monoisotopic (exact) mass is 415 g/mol. The summed E-state index contributed by atoms with van der Waals surface area (Å²) in [6.45, 7) is 6.66. The Morgan fingerprint density at radius 3 is 2.38 bits per heavy atom. The minimum absolute atomic E-state index is 1.06. The lowest BCUT2D eigenvalue weighted by molar-refractivity contribution is 0.249. The van der Waals surface area contributed by atoms with Crippen molar-refractivity contribution in [1.29, 1.82) is 0 Å². The van der Waals surface area contributed by atoms with Crippen molar-refractivity contribution >= 4 is 21.6 Å². The van der Waals surface area contributed by atoms with E-state index in [1.165, 1.54) is 27.7 Å². The third kappa shape index (κ3) is 5.57. The summed E-state index contributed by atoms with van der Waals surface area (Å²) >= 11 is 3.65. The molecule has 0 bridgehead atoms. The quantitative estimate of drug-likeness (QED) is 0.668. The molecular weight excluding hydrogens is 386 g/mol. The van der Waals surface area contributed by atoms with Gasteiger partial charge in [0.25, 0.3) is 0 Å². The summed E-state index contributed by atoms with van der Waals surface area (Å²) in [7, 11) is 4.29. The maximum atomic E-state index is 3.65. The molecule has 1 saturated heterocycles. The highest BCUT2D eigenvalue weighted by Gasteiger charge is 2.19. The SMILES string of the molecule is CN(C)CCCc1cc(Br)ccc1N1CCN(Cc2ccccc2)CC1. The van der Waals surface area contributed by atoms with E-state index in [4.69, 9.17) is 0 Å². The highest BCUT2D eigenvalue weighted by molar-refractivity contribution is 9.10.